The quantitative estimate of drug-likeness (QED) is 0.373. The van der Waals surface area contributed by atoms with Gasteiger partial charge in [-0.05, 0) is 6.42 Å². The largest absolute Gasteiger partial charge is 0.460 e. The van der Waals surface area contributed by atoms with Gasteiger partial charge in [0.05, 0.1) is 12.5 Å². The fraction of sp³-hybridized carbons (Fsp3) is 0.875. The third-order valence-electron chi connectivity index (χ3n) is 2.90. The summed E-state index contributed by atoms with van der Waals surface area (Å²) in [5.41, 5.74) is 0. The highest BCUT2D eigenvalue weighted by Crippen LogP contribution is 2.39. The Kier molecular flexibility index (Phi) is 2.47. The molecule has 84 valence electrons. The van der Waals surface area contributed by atoms with Gasteiger partial charge in [-0.1, -0.05) is 0 Å². The van der Waals surface area contributed by atoms with Crippen molar-refractivity contribution in [1.82, 2.24) is 0 Å². The number of carbonyl (C=O) groups is 1. The first-order valence-electron chi connectivity index (χ1n) is 4.65. The second-order valence-corrected chi connectivity index (χ2v) is 3.72. The van der Waals surface area contributed by atoms with Crippen LogP contribution in [-0.4, -0.2) is 36.5 Å². The average molecular weight is 217 g/mol. The lowest BCUT2D eigenvalue weighted by Crippen LogP contribution is -2.36. The maximum Gasteiger partial charge on any atom is 0.306 e. The molecule has 2 fully saturated rings. The SMILES string of the molecule is COC1CC2CC(=O)OC2C1O[N+](=O)[O-]. The first kappa shape index (κ1) is 10.2. The molecule has 0 aromatic heterocycles. The molecule has 4 atom stereocenters. The van der Waals surface area contributed by atoms with Crippen molar-refractivity contribution in [1.29, 1.82) is 0 Å². The molecule has 0 spiro atoms. The van der Waals surface area contributed by atoms with Crippen molar-refractivity contribution < 1.29 is 24.2 Å². The highest BCUT2D eigenvalue weighted by atomic mass is 17.0. The van der Waals surface area contributed by atoms with Crippen LogP contribution in [0.15, 0.2) is 0 Å². The molecule has 7 heteroatoms. The Morgan fingerprint density at radius 1 is 1.60 bits per heavy atom. The van der Waals surface area contributed by atoms with Crippen LogP contribution in [0.5, 0.6) is 0 Å². The summed E-state index contributed by atoms with van der Waals surface area (Å²) >= 11 is 0. The number of esters is 1. The molecule has 15 heavy (non-hydrogen) atoms. The number of hydrogen-bond donors (Lipinski definition) is 0. The fourth-order valence-electron chi connectivity index (χ4n) is 2.28. The van der Waals surface area contributed by atoms with Crippen LogP contribution in [-0.2, 0) is 19.1 Å². The van der Waals surface area contributed by atoms with E-state index in [-0.39, 0.29) is 18.0 Å². The summed E-state index contributed by atoms with van der Waals surface area (Å²) in [6, 6.07) is 0. The highest BCUT2D eigenvalue weighted by Gasteiger charge is 2.52. The molecule has 4 unspecified atom stereocenters. The minimum absolute atomic E-state index is 0.0209. The first-order valence-corrected chi connectivity index (χ1v) is 4.65. The van der Waals surface area contributed by atoms with Gasteiger partial charge in [-0.15, -0.1) is 10.1 Å². The zero-order valence-electron chi connectivity index (χ0n) is 8.12. The highest BCUT2D eigenvalue weighted by molar-refractivity contribution is 5.72. The molecule has 7 nitrogen and oxygen atoms in total. The molecule has 0 aromatic rings. The zero-order chi connectivity index (χ0) is 11.0. The van der Waals surface area contributed by atoms with Gasteiger partial charge in [-0.2, -0.15) is 0 Å². The summed E-state index contributed by atoms with van der Waals surface area (Å²) in [7, 11) is 1.46. The van der Waals surface area contributed by atoms with Crippen LogP contribution < -0.4 is 0 Å². The number of fused-ring (bicyclic) bond motifs is 1. The maximum atomic E-state index is 11.0. The van der Waals surface area contributed by atoms with E-state index in [0.29, 0.717) is 12.8 Å². The average Bonchev–Trinajstić information content (AvgIpc) is 2.63. The molecule has 2 aliphatic rings. The lowest BCUT2D eigenvalue weighted by molar-refractivity contribution is -0.771. The van der Waals surface area contributed by atoms with Gasteiger partial charge >= 0.3 is 5.97 Å². The molecular weight excluding hydrogens is 206 g/mol. The van der Waals surface area contributed by atoms with Gasteiger partial charge in [0, 0.05) is 13.0 Å². The molecule has 0 aromatic carbocycles. The maximum absolute atomic E-state index is 11.0. The molecular formula is C8H11NO6. The normalized spacial score (nSPS) is 38.6. The van der Waals surface area contributed by atoms with Crippen LogP contribution in [0.2, 0.25) is 0 Å². The Morgan fingerprint density at radius 3 is 2.93 bits per heavy atom. The van der Waals surface area contributed by atoms with Crippen LogP contribution in [0.3, 0.4) is 0 Å². The van der Waals surface area contributed by atoms with Crippen molar-refractivity contribution in [3.8, 4) is 0 Å². The van der Waals surface area contributed by atoms with Crippen molar-refractivity contribution in [2.75, 3.05) is 7.11 Å². The predicted molar refractivity (Wildman–Crippen MR) is 45.3 cm³/mol. The number of methoxy groups -OCH3 is 1. The number of hydrogen-bond acceptors (Lipinski definition) is 6. The van der Waals surface area contributed by atoms with Crippen molar-refractivity contribution >= 4 is 5.97 Å². The first-order chi connectivity index (χ1) is 7.11. The molecule has 1 aliphatic heterocycles. The topological polar surface area (TPSA) is 87.9 Å². The lowest BCUT2D eigenvalue weighted by atomic mass is 10.0. The molecule has 2 rings (SSSR count). The molecule has 1 saturated carbocycles. The van der Waals surface area contributed by atoms with E-state index >= 15 is 0 Å². The summed E-state index contributed by atoms with van der Waals surface area (Å²) in [6.07, 6.45) is -0.846. The minimum Gasteiger partial charge on any atom is -0.460 e. The van der Waals surface area contributed by atoms with Crippen LogP contribution in [0.4, 0.5) is 0 Å². The Bertz CT molecular complexity index is 293. The van der Waals surface area contributed by atoms with Crippen LogP contribution in [0.25, 0.3) is 0 Å². The summed E-state index contributed by atoms with van der Waals surface area (Å²) in [4.78, 5) is 25.8. The summed E-state index contributed by atoms with van der Waals surface area (Å²) in [5, 5.41) is 9.40. The molecule has 0 radical (unpaired) electrons. The molecule has 1 aliphatic carbocycles. The Morgan fingerprint density at radius 2 is 2.33 bits per heavy atom. The van der Waals surface area contributed by atoms with Gasteiger partial charge in [0.25, 0.3) is 5.09 Å². The van der Waals surface area contributed by atoms with E-state index in [1.54, 1.807) is 0 Å². The monoisotopic (exact) mass is 217 g/mol. The van der Waals surface area contributed by atoms with Gasteiger partial charge in [0.2, 0.25) is 0 Å². The minimum atomic E-state index is -0.870. The number of rotatable bonds is 3. The number of nitrogens with zero attached hydrogens (tertiary/aromatic N) is 1. The lowest BCUT2D eigenvalue weighted by Gasteiger charge is -2.19. The van der Waals surface area contributed by atoms with Crippen molar-refractivity contribution in [3.63, 3.8) is 0 Å². The van der Waals surface area contributed by atoms with Gasteiger partial charge < -0.3 is 14.3 Å². The summed E-state index contributed by atoms with van der Waals surface area (Å²) in [5.74, 6) is -0.344. The molecule has 0 amide bonds. The van der Waals surface area contributed by atoms with E-state index in [0.717, 1.165) is 0 Å². The smallest absolute Gasteiger partial charge is 0.306 e. The second kappa shape index (κ2) is 3.65. The van der Waals surface area contributed by atoms with Gasteiger partial charge in [0.15, 0.2) is 6.10 Å². The summed E-state index contributed by atoms with van der Waals surface area (Å²) in [6.45, 7) is 0. The molecule has 1 heterocycles. The Labute approximate surface area is 85.4 Å². The standard InChI is InChI=1S/C8H11NO6/c1-13-5-2-4-3-6(10)14-7(4)8(5)15-9(11)12/h4-5,7-8H,2-3H2,1H3. The van der Waals surface area contributed by atoms with Crippen molar-refractivity contribution in [3.05, 3.63) is 10.1 Å². The fourth-order valence-corrected chi connectivity index (χ4v) is 2.28. The van der Waals surface area contributed by atoms with E-state index in [1.165, 1.54) is 7.11 Å². The van der Waals surface area contributed by atoms with E-state index in [4.69, 9.17) is 9.47 Å². The van der Waals surface area contributed by atoms with Gasteiger partial charge in [-0.25, -0.2) is 0 Å². The third-order valence-corrected chi connectivity index (χ3v) is 2.90. The van der Waals surface area contributed by atoms with Crippen molar-refractivity contribution in [2.24, 2.45) is 5.92 Å². The van der Waals surface area contributed by atoms with Gasteiger partial charge in [-0.3, -0.25) is 4.79 Å². The van der Waals surface area contributed by atoms with E-state index < -0.39 is 17.3 Å². The number of carbonyl (C=O) groups excluding carboxylic acids is 1. The number of ether oxygens (including phenoxy) is 2. The zero-order valence-corrected chi connectivity index (χ0v) is 8.12. The molecule has 1 saturated heterocycles. The third kappa shape index (κ3) is 1.74. The summed E-state index contributed by atoms with van der Waals surface area (Å²) < 4.78 is 10.1. The van der Waals surface area contributed by atoms with Crippen LogP contribution in [0.1, 0.15) is 12.8 Å². The van der Waals surface area contributed by atoms with E-state index in [2.05, 4.69) is 4.84 Å². The van der Waals surface area contributed by atoms with Gasteiger partial charge in [0.1, 0.15) is 6.10 Å². The predicted octanol–water partition coefficient (Wildman–Crippen LogP) is -0.0863. The Balaban J connectivity index is 2.10. The second-order valence-electron chi connectivity index (χ2n) is 3.72. The molecule has 0 N–H and O–H groups in total. The van der Waals surface area contributed by atoms with Crippen LogP contribution in [0, 0.1) is 16.0 Å². The van der Waals surface area contributed by atoms with E-state index in [9.17, 15) is 14.9 Å². The molecule has 0 bridgehead atoms. The van der Waals surface area contributed by atoms with Crippen molar-refractivity contribution in [2.45, 2.75) is 31.2 Å². The Hall–Kier alpha value is -1.37. The van der Waals surface area contributed by atoms with Crippen LogP contribution >= 0.6 is 0 Å². The van der Waals surface area contributed by atoms with E-state index in [1.807, 2.05) is 0 Å².